The number of nitrogens with one attached hydrogen (secondary N) is 2. The molecule has 3 rings (SSSR count). The van der Waals surface area contributed by atoms with Crippen molar-refractivity contribution in [3.05, 3.63) is 28.8 Å². The van der Waals surface area contributed by atoms with Crippen LogP contribution in [0.4, 0.5) is 5.69 Å². The van der Waals surface area contributed by atoms with Gasteiger partial charge in [-0.05, 0) is 43.9 Å². The summed E-state index contributed by atoms with van der Waals surface area (Å²) in [5, 5.41) is 15.1. The molecule has 128 valence electrons. The number of amides is 2. The first kappa shape index (κ1) is 16.8. The number of aliphatic carboxylic acids is 1. The van der Waals surface area contributed by atoms with Gasteiger partial charge in [-0.2, -0.15) is 0 Å². The average Bonchev–Trinajstić information content (AvgIpc) is 3.28. The first-order chi connectivity index (χ1) is 11.4. The van der Waals surface area contributed by atoms with Gasteiger partial charge >= 0.3 is 5.97 Å². The molecule has 0 radical (unpaired) electrons. The van der Waals surface area contributed by atoms with Crippen molar-refractivity contribution < 1.29 is 19.5 Å². The highest BCUT2D eigenvalue weighted by Gasteiger charge is 2.45. The van der Waals surface area contributed by atoms with Crippen LogP contribution >= 0.6 is 11.6 Å². The Morgan fingerprint density at radius 1 is 1.25 bits per heavy atom. The molecule has 1 aromatic carbocycles. The number of rotatable bonds is 6. The van der Waals surface area contributed by atoms with E-state index >= 15 is 0 Å². The second-order valence-corrected chi connectivity index (χ2v) is 7.01. The molecule has 6 nitrogen and oxygen atoms in total. The SMILES string of the molecule is O=C(CC1(C(=O)O)CCC1)Nc1ccc(Cl)c(C(=O)NC2CC2)c1. The van der Waals surface area contributed by atoms with Gasteiger partial charge in [-0.15, -0.1) is 0 Å². The van der Waals surface area contributed by atoms with Gasteiger partial charge in [0, 0.05) is 18.2 Å². The van der Waals surface area contributed by atoms with Gasteiger partial charge in [0.05, 0.1) is 16.0 Å². The maximum Gasteiger partial charge on any atom is 0.310 e. The number of hydrogen-bond donors (Lipinski definition) is 3. The van der Waals surface area contributed by atoms with Crippen molar-refractivity contribution in [2.75, 3.05) is 5.32 Å². The van der Waals surface area contributed by atoms with Crippen LogP contribution in [0.1, 0.15) is 48.9 Å². The van der Waals surface area contributed by atoms with E-state index in [2.05, 4.69) is 10.6 Å². The van der Waals surface area contributed by atoms with Crippen LogP contribution in [0.3, 0.4) is 0 Å². The highest BCUT2D eigenvalue weighted by molar-refractivity contribution is 6.34. The summed E-state index contributed by atoms with van der Waals surface area (Å²) in [5.41, 5.74) is -0.203. The Kier molecular flexibility index (Phi) is 4.49. The summed E-state index contributed by atoms with van der Waals surface area (Å²) in [7, 11) is 0. The second kappa shape index (κ2) is 6.43. The zero-order chi connectivity index (χ0) is 17.3. The molecule has 7 heteroatoms. The van der Waals surface area contributed by atoms with Crippen molar-refractivity contribution in [2.45, 2.75) is 44.6 Å². The molecular weight excluding hydrogens is 332 g/mol. The lowest BCUT2D eigenvalue weighted by Crippen LogP contribution is -2.41. The normalized spacial score (nSPS) is 18.4. The third-order valence-electron chi connectivity index (χ3n) is 4.67. The number of benzene rings is 1. The van der Waals surface area contributed by atoms with Crippen molar-refractivity contribution in [3.8, 4) is 0 Å². The van der Waals surface area contributed by atoms with E-state index in [-0.39, 0.29) is 24.3 Å². The quantitative estimate of drug-likeness (QED) is 0.735. The predicted octanol–water partition coefficient (Wildman–Crippen LogP) is 2.82. The number of carboxylic acids is 1. The van der Waals surface area contributed by atoms with E-state index < -0.39 is 11.4 Å². The molecule has 0 spiro atoms. The zero-order valence-corrected chi connectivity index (χ0v) is 13.9. The number of halogens is 1. The molecule has 0 aliphatic heterocycles. The number of carboxylic acid groups (broad SMARTS) is 1. The summed E-state index contributed by atoms with van der Waals surface area (Å²) in [5.74, 6) is -1.56. The molecular formula is C17H19ClN2O4. The molecule has 0 saturated heterocycles. The van der Waals surface area contributed by atoms with Crippen LogP contribution in [-0.4, -0.2) is 28.9 Å². The molecule has 0 unspecified atom stereocenters. The van der Waals surface area contributed by atoms with Crippen molar-refractivity contribution >= 4 is 35.1 Å². The number of anilines is 1. The minimum atomic E-state index is -0.942. The Balaban J connectivity index is 1.67. The maximum atomic E-state index is 12.2. The van der Waals surface area contributed by atoms with Crippen LogP contribution in [0.15, 0.2) is 18.2 Å². The standard InChI is InChI=1S/C17H19ClN2O4/c18-13-5-4-11(8-12(13)15(22)20-10-2-3-10)19-14(21)9-17(16(23)24)6-1-7-17/h4-5,8,10H,1-3,6-7,9H2,(H,19,21)(H,20,22)(H,23,24). The molecule has 0 aromatic heterocycles. The van der Waals surface area contributed by atoms with Crippen molar-refractivity contribution in [3.63, 3.8) is 0 Å². The number of carbonyl (C=O) groups is 3. The number of hydrogen-bond acceptors (Lipinski definition) is 3. The fourth-order valence-electron chi connectivity index (χ4n) is 2.85. The second-order valence-electron chi connectivity index (χ2n) is 6.61. The average molecular weight is 351 g/mol. The Hall–Kier alpha value is -2.08. The Morgan fingerprint density at radius 3 is 2.50 bits per heavy atom. The van der Waals surface area contributed by atoms with E-state index in [4.69, 9.17) is 11.6 Å². The Labute approximate surface area is 144 Å². The summed E-state index contributed by atoms with van der Waals surface area (Å²) < 4.78 is 0. The van der Waals surface area contributed by atoms with Crippen LogP contribution in [0, 0.1) is 5.41 Å². The molecule has 2 aliphatic rings. The van der Waals surface area contributed by atoms with Gasteiger partial charge in [0.1, 0.15) is 0 Å². The van der Waals surface area contributed by atoms with E-state index in [1.54, 1.807) is 12.1 Å². The lowest BCUT2D eigenvalue weighted by molar-refractivity contribution is -0.157. The monoisotopic (exact) mass is 350 g/mol. The molecule has 2 aliphatic carbocycles. The fraction of sp³-hybridized carbons (Fsp3) is 0.471. The van der Waals surface area contributed by atoms with Crippen LogP contribution in [-0.2, 0) is 9.59 Å². The van der Waals surface area contributed by atoms with Gasteiger partial charge in [0.25, 0.3) is 5.91 Å². The largest absolute Gasteiger partial charge is 0.481 e. The van der Waals surface area contributed by atoms with Crippen LogP contribution < -0.4 is 10.6 Å². The third kappa shape index (κ3) is 3.53. The minimum Gasteiger partial charge on any atom is -0.481 e. The van der Waals surface area contributed by atoms with Crippen LogP contribution in [0.25, 0.3) is 0 Å². The summed E-state index contributed by atoms with van der Waals surface area (Å²) in [6.07, 6.45) is 3.74. The lowest BCUT2D eigenvalue weighted by Gasteiger charge is -2.36. The molecule has 2 amide bonds. The molecule has 3 N–H and O–H groups in total. The predicted molar refractivity (Wildman–Crippen MR) is 89.1 cm³/mol. The van der Waals surface area contributed by atoms with Gasteiger partial charge < -0.3 is 15.7 Å². The van der Waals surface area contributed by atoms with E-state index in [1.165, 1.54) is 6.07 Å². The topological polar surface area (TPSA) is 95.5 Å². The molecule has 24 heavy (non-hydrogen) atoms. The van der Waals surface area contributed by atoms with Crippen LogP contribution in [0.5, 0.6) is 0 Å². The van der Waals surface area contributed by atoms with Gasteiger partial charge in [0.15, 0.2) is 0 Å². The van der Waals surface area contributed by atoms with Gasteiger partial charge in [-0.1, -0.05) is 18.0 Å². The van der Waals surface area contributed by atoms with Crippen molar-refractivity contribution in [1.82, 2.24) is 5.32 Å². The Morgan fingerprint density at radius 2 is 1.96 bits per heavy atom. The van der Waals surface area contributed by atoms with E-state index in [1.807, 2.05) is 0 Å². The third-order valence-corrected chi connectivity index (χ3v) is 5.00. The summed E-state index contributed by atoms with van der Waals surface area (Å²) in [6.45, 7) is 0. The molecule has 2 saturated carbocycles. The molecule has 0 atom stereocenters. The molecule has 1 aromatic rings. The minimum absolute atomic E-state index is 0.0609. The Bertz CT molecular complexity index is 696. The van der Waals surface area contributed by atoms with Crippen molar-refractivity contribution in [2.24, 2.45) is 5.41 Å². The summed E-state index contributed by atoms with van der Waals surface area (Å²) >= 11 is 6.06. The smallest absolute Gasteiger partial charge is 0.310 e. The first-order valence-electron chi connectivity index (χ1n) is 8.03. The highest BCUT2D eigenvalue weighted by Crippen LogP contribution is 2.44. The lowest BCUT2D eigenvalue weighted by atomic mass is 9.66. The van der Waals surface area contributed by atoms with E-state index in [0.717, 1.165) is 19.3 Å². The van der Waals surface area contributed by atoms with Gasteiger partial charge in [-0.3, -0.25) is 14.4 Å². The highest BCUT2D eigenvalue weighted by atomic mass is 35.5. The zero-order valence-electron chi connectivity index (χ0n) is 13.1. The first-order valence-corrected chi connectivity index (χ1v) is 8.41. The van der Waals surface area contributed by atoms with Gasteiger partial charge in [-0.25, -0.2) is 0 Å². The van der Waals surface area contributed by atoms with Crippen LogP contribution in [0.2, 0.25) is 5.02 Å². The summed E-state index contributed by atoms with van der Waals surface area (Å²) in [4.78, 5) is 35.7. The van der Waals surface area contributed by atoms with Gasteiger partial charge in [0.2, 0.25) is 5.91 Å². The molecule has 2 fully saturated rings. The fourth-order valence-corrected chi connectivity index (χ4v) is 3.05. The maximum absolute atomic E-state index is 12.2. The van der Waals surface area contributed by atoms with E-state index in [0.29, 0.717) is 29.1 Å². The van der Waals surface area contributed by atoms with Crippen molar-refractivity contribution in [1.29, 1.82) is 0 Å². The number of carbonyl (C=O) groups excluding carboxylic acids is 2. The summed E-state index contributed by atoms with van der Waals surface area (Å²) in [6, 6.07) is 4.88. The van der Waals surface area contributed by atoms with E-state index in [9.17, 15) is 19.5 Å². The molecule has 0 bridgehead atoms. The molecule has 0 heterocycles.